The van der Waals surface area contributed by atoms with Gasteiger partial charge >= 0.3 is 5.69 Å². The van der Waals surface area contributed by atoms with Crippen LogP contribution in [0.4, 0.5) is 20.2 Å². The number of nitrogens with one attached hydrogen (secondary N) is 1. The molecule has 0 fully saturated rings. The SMILES string of the molecule is NC(CNc1cc(F)cc(F)c1[N+](=O)[O-])c1ccccc1. The van der Waals surface area contributed by atoms with E-state index in [9.17, 15) is 18.9 Å². The number of hydrogen-bond donors (Lipinski definition) is 2. The van der Waals surface area contributed by atoms with Gasteiger partial charge in [0.15, 0.2) is 0 Å². The van der Waals surface area contributed by atoms with Gasteiger partial charge in [-0.3, -0.25) is 10.1 Å². The van der Waals surface area contributed by atoms with Crippen molar-refractivity contribution in [1.82, 2.24) is 0 Å². The molecule has 2 aromatic carbocycles. The lowest BCUT2D eigenvalue weighted by molar-refractivity contribution is -0.386. The van der Waals surface area contributed by atoms with E-state index in [2.05, 4.69) is 5.32 Å². The van der Waals surface area contributed by atoms with Crippen LogP contribution >= 0.6 is 0 Å². The maximum atomic E-state index is 13.5. The Labute approximate surface area is 119 Å². The van der Waals surface area contributed by atoms with Crippen molar-refractivity contribution in [2.24, 2.45) is 5.73 Å². The molecule has 0 heterocycles. The van der Waals surface area contributed by atoms with Crippen LogP contribution in [0.2, 0.25) is 0 Å². The fraction of sp³-hybridized carbons (Fsp3) is 0.143. The second kappa shape index (κ2) is 6.27. The number of nitro benzene ring substituents is 1. The molecule has 1 unspecified atom stereocenters. The summed E-state index contributed by atoms with van der Waals surface area (Å²) in [5.41, 5.74) is 5.71. The molecule has 5 nitrogen and oxygen atoms in total. The predicted molar refractivity (Wildman–Crippen MR) is 74.9 cm³/mol. The number of anilines is 1. The zero-order chi connectivity index (χ0) is 15.4. The molecule has 0 saturated carbocycles. The van der Waals surface area contributed by atoms with Crippen LogP contribution in [0.5, 0.6) is 0 Å². The number of halogens is 2. The highest BCUT2D eigenvalue weighted by Crippen LogP contribution is 2.29. The van der Waals surface area contributed by atoms with Gasteiger partial charge in [0.1, 0.15) is 11.5 Å². The third kappa shape index (κ3) is 3.51. The van der Waals surface area contributed by atoms with E-state index in [1.54, 1.807) is 24.3 Å². The molecule has 0 bridgehead atoms. The molecule has 2 aromatic rings. The van der Waals surface area contributed by atoms with Crippen molar-refractivity contribution < 1.29 is 13.7 Å². The lowest BCUT2D eigenvalue weighted by atomic mass is 10.1. The molecule has 0 aliphatic carbocycles. The zero-order valence-corrected chi connectivity index (χ0v) is 10.9. The van der Waals surface area contributed by atoms with Crippen molar-refractivity contribution in [1.29, 1.82) is 0 Å². The number of nitrogens with zero attached hydrogens (tertiary/aromatic N) is 1. The van der Waals surface area contributed by atoms with Gasteiger partial charge < -0.3 is 11.1 Å². The molecule has 0 radical (unpaired) electrons. The van der Waals surface area contributed by atoms with E-state index in [1.807, 2.05) is 6.07 Å². The molecule has 0 aliphatic heterocycles. The Bertz CT molecular complexity index is 650. The molecule has 0 amide bonds. The van der Waals surface area contributed by atoms with Crippen molar-refractivity contribution in [3.05, 3.63) is 69.8 Å². The fourth-order valence-corrected chi connectivity index (χ4v) is 1.92. The first-order chi connectivity index (χ1) is 9.99. The van der Waals surface area contributed by atoms with Crippen LogP contribution in [-0.4, -0.2) is 11.5 Å². The topological polar surface area (TPSA) is 81.2 Å². The molecule has 110 valence electrons. The Morgan fingerprint density at radius 1 is 1.24 bits per heavy atom. The Hall–Kier alpha value is -2.54. The maximum Gasteiger partial charge on any atom is 0.327 e. The highest BCUT2D eigenvalue weighted by atomic mass is 19.1. The summed E-state index contributed by atoms with van der Waals surface area (Å²) in [7, 11) is 0. The molecule has 21 heavy (non-hydrogen) atoms. The van der Waals surface area contributed by atoms with E-state index < -0.39 is 28.3 Å². The summed E-state index contributed by atoms with van der Waals surface area (Å²) in [5.74, 6) is -2.12. The molecule has 7 heteroatoms. The van der Waals surface area contributed by atoms with Crippen molar-refractivity contribution in [2.45, 2.75) is 6.04 Å². The highest BCUT2D eigenvalue weighted by molar-refractivity contribution is 5.62. The minimum Gasteiger partial charge on any atom is -0.377 e. The molecule has 1 atom stereocenters. The third-order valence-electron chi connectivity index (χ3n) is 2.95. The van der Waals surface area contributed by atoms with Gasteiger partial charge in [-0.25, -0.2) is 4.39 Å². The number of nitro groups is 1. The first kappa shape index (κ1) is 14.9. The number of hydrogen-bond acceptors (Lipinski definition) is 4. The van der Waals surface area contributed by atoms with E-state index in [0.29, 0.717) is 6.07 Å². The molecule has 2 rings (SSSR count). The van der Waals surface area contributed by atoms with E-state index in [4.69, 9.17) is 5.73 Å². The summed E-state index contributed by atoms with van der Waals surface area (Å²) >= 11 is 0. The summed E-state index contributed by atoms with van der Waals surface area (Å²) in [6, 6.07) is 9.92. The van der Waals surface area contributed by atoms with Crippen LogP contribution in [0.1, 0.15) is 11.6 Å². The van der Waals surface area contributed by atoms with Crippen LogP contribution in [0.15, 0.2) is 42.5 Å². The lowest BCUT2D eigenvalue weighted by Crippen LogP contribution is -2.21. The molecule has 0 spiro atoms. The van der Waals surface area contributed by atoms with E-state index in [0.717, 1.165) is 11.6 Å². The van der Waals surface area contributed by atoms with Gasteiger partial charge in [-0.05, 0) is 5.56 Å². The largest absolute Gasteiger partial charge is 0.377 e. The average molecular weight is 293 g/mol. The van der Waals surface area contributed by atoms with E-state index in [-0.39, 0.29) is 12.2 Å². The third-order valence-corrected chi connectivity index (χ3v) is 2.95. The number of nitrogens with two attached hydrogens (primary N) is 1. The summed E-state index contributed by atoms with van der Waals surface area (Å²) in [5, 5.41) is 13.5. The summed E-state index contributed by atoms with van der Waals surface area (Å²) in [4.78, 5) is 9.94. The highest BCUT2D eigenvalue weighted by Gasteiger charge is 2.22. The van der Waals surface area contributed by atoms with Gasteiger partial charge in [0.2, 0.25) is 5.82 Å². The first-order valence-corrected chi connectivity index (χ1v) is 6.17. The van der Waals surface area contributed by atoms with Gasteiger partial charge in [0.25, 0.3) is 0 Å². The van der Waals surface area contributed by atoms with Crippen LogP contribution in [-0.2, 0) is 0 Å². The van der Waals surface area contributed by atoms with E-state index in [1.165, 1.54) is 0 Å². The molecule has 0 aliphatic rings. The van der Waals surface area contributed by atoms with E-state index >= 15 is 0 Å². The van der Waals surface area contributed by atoms with Crippen LogP contribution in [0.25, 0.3) is 0 Å². The second-order valence-corrected chi connectivity index (χ2v) is 4.44. The van der Waals surface area contributed by atoms with Crippen molar-refractivity contribution in [3.63, 3.8) is 0 Å². The second-order valence-electron chi connectivity index (χ2n) is 4.44. The summed E-state index contributed by atoms with van der Waals surface area (Å²) in [6.07, 6.45) is 0. The van der Waals surface area contributed by atoms with Crippen molar-refractivity contribution in [2.75, 3.05) is 11.9 Å². The molecular formula is C14H13F2N3O2. The lowest BCUT2D eigenvalue weighted by Gasteiger charge is -2.14. The van der Waals surface area contributed by atoms with Crippen molar-refractivity contribution >= 4 is 11.4 Å². The molecule has 0 aromatic heterocycles. The van der Waals surface area contributed by atoms with Gasteiger partial charge in [-0.1, -0.05) is 30.3 Å². The maximum absolute atomic E-state index is 13.5. The van der Waals surface area contributed by atoms with Crippen LogP contribution < -0.4 is 11.1 Å². The van der Waals surface area contributed by atoms with Gasteiger partial charge in [0, 0.05) is 24.7 Å². The quantitative estimate of drug-likeness (QED) is 0.656. The average Bonchev–Trinajstić information content (AvgIpc) is 2.44. The Kier molecular flexibility index (Phi) is 4.44. The number of rotatable bonds is 5. The van der Waals surface area contributed by atoms with Gasteiger partial charge in [-0.15, -0.1) is 0 Å². The Morgan fingerprint density at radius 3 is 2.52 bits per heavy atom. The van der Waals surface area contributed by atoms with Crippen LogP contribution in [0.3, 0.4) is 0 Å². The summed E-state index contributed by atoms with van der Waals surface area (Å²) < 4.78 is 26.6. The minimum absolute atomic E-state index is 0.105. The Morgan fingerprint density at radius 2 is 1.90 bits per heavy atom. The zero-order valence-electron chi connectivity index (χ0n) is 10.9. The smallest absolute Gasteiger partial charge is 0.327 e. The normalized spacial score (nSPS) is 12.0. The number of benzene rings is 2. The molecule has 3 N–H and O–H groups in total. The molecule has 0 saturated heterocycles. The standard InChI is InChI=1S/C14H13F2N3O2/c15-10-6-11(16)14(19(20)21)13(7-10)18-8-12(17)9-4-2-1-3-5-9/h1-7,12,18H,8,17H2. The fourth-order valence-electron chi connectivity index (χ4n) is 1.92. The van der Waals surface area contributed by atoms with Crippen LogP contribution in [0, 0.1) is 21.7 Å². The predicted octanol–water partition coefficient (Wildman–Crippen LogP) is 2.98. The Balaban J connectivity index is 2.18. The van der Waals surface area contributed by atoms with Gasteiger partial charge in [0.05, 0.1) is 4.92 Å². The van der Waals surface area contributed by atoms with Crippen molar-refractivity contribution in [3.8, 4) is 0 Å². The molecular weight excluding hydrogens is 280 g/mol. The van der Waals surface area contributed by atoms with Gasteiger partial charge in [-0.2, -0.15) is 4.39 Å². The minimum atomic E-state index is -1.23. The first-order valence-electron chi connectivity index (χ1n) is 6.17. The summed E-state index contributed by atoms with van der Waals surface area (Å²) in [6.45, 7) is 0.105. The monoisotopic (exact) mass is 293 g/mol.